The monoisotopic (exact) mass is 456 g/mol. The first kappa shape index (κ1) is 26.4. The minimum atomic E-state index is -2.37. The van der Waals surface area contributed by atoms with Gasteiger partial charge in [-0.1, -0.05) is 0 Å². The molecule has 0 saturated heterocycles. The number of hydrogen-bond donors (Lipinski definition) is 0. The lowest BCUT2D eigenvalue weighted by atomic mass is 10.5. The van der Waals surface area contributed by atoms with Crippen LogP contribution in [0.25, 0.3) is 0 Å². The van der Waals surface area contributed by atoms with E-state index in [0.29, 0.717) is 13.1 Å². The SMILES string of the molecule is C[Si](C)(C)O[Si](C)(C)O[Si](C)(C)O[Si](C)(C)O[Si](C)(C)CCCOC=O. The molecule has 26 heavy (non-hydrogen) atoms. The Morgan fingerprint density at radius 2 is 1.08 bits per heavy atom. The van der Waals surface area contributed by atoms with Crippen LogP contribution >= 0.6 is 0 Å². The average molecular weight is 457 g/mol. The first-order valence-electron chi connectivity index (χ1n) is 9.25. The first-order valence-corrected chi connectivity index (χ1v) is 24.2. The Balaban J connectivity index is 4.80. The largest absolute Gasteiger partial charge is 0.468 e. The van der Waals surface area contributed by atoms with Gasteiger partial charge in [-0.25, -0.2) is 0 Å². The van der Waals surface area contributed by atoms with Gasteiger partial charge >= 0.3 is 25.7 Å². The van der Waals surface area contributed by atoms with Crippen LogP contribution in [-0.4, -0.2) is 55.4 Å². The van der Waals surface area contributed by atoms with Crippen LogP contribution in [0.2, 0.25) is 78.1 Å². The molecule has 0 rings (SSSR count). The van der Waals surface area contributed by atoms with E-state index in [9.17, 15) is 4.79 Å². The Morgan fingerprint density at radius 1 is 0.654 bits per heavy atom. The van der Waals surface area contributed by atoms with Crippen LogP contribution in [0, 0.1) is 0 Å². The highest BCUT2D eigenvalue weighted by molar-refractivity contribution is 6.90. The maximum absolute atomic E-state index is 10.2. The molecule has 0 bridgehead atoms. The molecule has 0 aromatic rings. The van der Waals surface area contributed by atoms with Gasteiger partial charge in [0.05, 0.1) is 6.61 Å². The molecule has 0 aromatic heterocycles. The van der Waals surface area contributed by atoms with Gasteiger partial charge in [0, 0.05) is 0 Å². The molecule has 0 unspecified atom stereocenters. The van der Waals surface area contributed by atoms with Crippen molar-refractivity contribution in [2.45, 2.75) is 84.5 Å². The first-order chi connectivity index (χ1) is 11.4. The van der Waals surface area contributed by atoms with E-state index in [1.807, 2.05) is 0 Å². The van der Waals surface area contributed by atoms with Crippen LogP contribution in [0.5, 0.6) is 0 Å². The molecule has 0 amide bonds. The second-order valence-corrected chi connectivity index (χ2v) is 29.5. The van der Waals surface area contributed by atoms with Gasteiger partial charge in [-0.15, -0.1) is 0 Å². The predicted molar refractivity (Wildman–Crippen MR) is 119 cm³/mol. The lowest BCUT2D eigenvalue weighted by molar-refractivity contribution is -0.128. The third-order valence-electron chi connectivity index (χ3n) is 3.17. The van der Waals surface area contributed by atoms with Crippen molar-refractivity contribution in [2.24, 2.45) is 0 Å². The van der Waals surface area contributed by atoms with Gasteiger partial charge in [-0.2, -0.15) is 0 Å². The highest BCUT2D eigenvalue weighted by Crippen LogP contribution is 2.27. The Bertz CT molecular complexity index is 448. The minimum Gasteiger partial charge on any atom is -0.468 e. The van der Waals surface area contributed by atoms with E-state index in [2.05, 4.69) is 72.0 Å². The molecule has 0 fully saturated rings. The third kappa shape index (κ3) is 13.5. The Hall–Kier alpha value is 0.394. The molecule has 0 N–H and O–H groups in total. The van der Waals surface area contributed by atoms with Crippen molar-refractivity contribution in [3.63, 3.8) is 0 Å². The summed E-state index contributed by atoms with van der Waals surface area (Å²) in [6.45, 7) is 24.4. The molecule has 6 nitrogen and oxygen atoms in total. The summed E-state index contributed by atoms with van der Waals surface area (Å²) in [6, 6.07) is 0.933. The van der Waals surface area contributed by atoms with Crippen LogP contribution in [0.15, 0.2) is 0 Å². The normalized spacial score (nSPS) is 14.4. The zero-order chi connectivity index (χ0) is 20.9. The van der Waals surface area contributed by atoms with Crippen molar-refractivity contribution in [3.8, 4) is 0 Å². The number of hydrogen-bond acceptors (Lipinski definition) is 6. The zero-order valence-electron chi connectivity index (χ0n) is 18.6. The van der Waals surface area contributed by atoms with E-state index in [1.54, 1.807) is 0 Å². The summed E-state index contributed by atoms with van der Waals surface area (Å²) in [7, 11) is -10.5. The van der Waals surface area contributed by atoms with Gasteiger partial charge < -0.3 is 21.2 Å². The Labute approximate surface area is 165 Å². The smallest absolute Gasteiger partial charge is 0.314 e. The summed E-state index contributed by atoms with van der Waals surface area (Å²) in [5, 5.41) is 0. The van der Waals surface area contributed by atoms with Crippen LogP contribution in [-0.2, 0) is 26.0 Å². The Kier molecular flexibility index (Phi) is 9.89. The van der Waals surface area contributed by atoms with Crippen LogP contribution in [0.3, 0.4) is 0 Å². The van der Waals surface area contributed by atoms with Crippen molar-refractivity contribution < 1.29 is 26.0 Å². The minimum absolute atomic E-state index is 0.448. The van der Waals surface area contributed by atoms with Crippen LogP contribution in [0.4, 0.5) is 0 Å². The Morgan fingerprint density at radius 3 is 1.50 bits per heavy atom. The van der Waals surface area contributed by atoms with Crippen molar-refractivity contribution >= 4 is 48.8 Å². The van der Waals surface area contributed by atoms with E-state index in [0.717, 1.165) is 12.5 Å². The summed E-state index contributed by atoms with van der Waals surface area (Å²) in [6.07, 6.45) is 0.823. The van der Waals surface area contributed by atoms with E-state index >= 15 is 0 Å². The maximum atomic E-state index is 10.2. The summed E-state index contributed by atoms with van der Waals surface area (Å²) < 4.78 is 30.5. The maximum Gasteiger partial charge on any atom is 0.314 e. The van der Waals surface area contributed by atoms with Gasteiger partial charge in [-0.05, 0) is 84.5 Å². The molecule has 0 atom stereocenters. The molecular formula is C15H40O6Si5. The van der Waals surface area contributed by atoms with Crippen molar-refractivity contribution in [1.29, 1.82) is 0 Å². The molecule has 0 aromatic carbocycles. The topological polar surface area (TPSA) is 63.2 Å². The molecule has 0 aliphatic heterocycles. The molecule has 0 heterocycles. The van der Waals surface area contributed by atoms with E-state index < -0.39 is 42.3 Å². The second-order valence-electron chi connectivity index (χ2n) is 9.55. The van der Waals surface area contributed by atoms with Crippen molar-refractivity contribution in [3.05, 3.63) is 0 Å². The second kappa shape index (κ2) is 9.74. The van der Waals surface area contributed by atoms with E-state index in [4.69, 9.17) is 21.2 Å². The molecule has 156 valence electrons. The number of carbonyl (C=O) groups excluding carboxylic acids is 1. The fourth-order valence-corrected chi connectivity index (χ4v) is 27.1. The highest BCUT2D eigenvalue weighted by Gasteiger charge is 2.44. The third-order valence-corrected chi connectivity index (χ3v) is 21.2. The van der Waals surface area contributed by atoms with E-state index in [-0.39, 0.29) is 0 Å². The van der Waals surface area contributed by atoms with Gasteiger partial charge in [0.15, 0.2) is 16.6 Å². The van der Waals surface area contributed by atoms with Crippen LogP contribution in [0.1, 0.15) is 6.42 Å². The fraction of sp³-hybridized carbons (Fsp3) is 0.933. The lowest BCUT2D eigenvalue weighted by Crippen LogP contribution is -2.58. The molecule has 0 aliphatic rings. The lowest BCUT2D eigenvalue weighted by Gasteiger charge is -2.42. The van der Waals surface area contributed by atoms with Crippen molar-refractivity contribution in [2.75, 3.05) is 6.61 Å². The summed E-state index contributed by atoms with van der Waals surface area (Å²) in [5.41, 5.74) is 0. The molecule has 0 radical (unpaired) electrons. The van der Waals surface area contributed by atoms with Gasteiger partial charge in [0.2, 0.25) is 0 Å². The van der Waals surface area contributed by atoms with Gasteiger partial charge in [0.1, 0.15) is 0 Å². The molecule has 11 heteroatoms. The van der Waals surface area contributed by atoms with Crippen LogP contribution < -0.4 is 0 Å². The zero-order valence-corrected chi connectivity index (χ0v) is 23.6. The average Bonchev–Trinajstić information content (AvgIpc) is 2.26. The molecule has 0 aliphatic carbocycles. The number of carbonyl (C=O) groups is 1. The van der Waals surface area contributed by atoms with Gasteiger partial charge in [-0.3, -0.25) is 4.79 Å². The molecule has 0 spiro atoms. The molecular weight excluding hydrogens is 417 g/mol. The number of rotatable bonds is 13. The summed E-state index contributed by atoms with van der Waals surface area (Å²) in [4.78, 5) is 10.2. The summed E-state index contributed by atoms with van der Waals surface area (Å²) in [5.74, 6) is 0. The highest BCUT2D eigenvalue weighted by atomic mass is 28.5. The fourth-order valence-electron chi connectivity index (χ4n) is 3.33. The molecule has 0 saturated carbocycles. The van der Waals surface area contributed by atoms with Gasteiger partial charge in [0.25, 0.3) is 6.47 Å². The quantitative estimate of drug-likeness (QED) is 0.226. The van der Waals surface area contributed by atoms with Crippen molar-refractivity contribution in [1.82, 2.24) is 0 Å². The summed E-state index contributed by atoms with van der Waals surface area (Å²) >= 11 is 0. The standard InChI is InChI=1S/C15H40O6Si5/c1-22(2,3)18-24(6,7)20-26(10,11)21-25(8,9)19-23(4,5)14-12-13-17-15-16/h15H,12-14H2,1-11H3. The predicted octanol–water partition coefficient (Wildman–Crippen LogP) is 4.76. The number of ether oxygens (including phenoxy) is 1. The van der Waals surface area contributed by atoms with E-state index in [1.165, 1.54) is 0 Å².